The summed E-state index contributed by atoms with van der Waals surface area (Å²) in [6, 6.07) is 3.81. The molecule has 100 valence electrons. The summed E-state index contributed by atoms with van der Waals surface area (Å²) < 4.78 is 0. The zero-order valence-corrected chi connectivity index (χ0v) is 11.8. The molecule has 0 unspecified atom stereocenters. The number of pyridine rings is 1. The van der Waals surface area contributed by atoms with Crippen LogP contribution in [-0.2, 0) is 0 Å². The van der Waals surface area contributed by atoms with E-state index in [0.29, 0.717) is 11.1 Å². The predicted molar refractivity (Wildman–Crippen MR) is 76.2 cm³/mol. The van der Waals surface area contributed by atoms with Crippen molar-refractivity contribution in [1.29, 1.82) is 0 Å². The van der Waals surface area contributed by atoms with Gasteiger partial charge in [-0.3, -0.25) is 4.98 Å². The number of anilines is 2. The van der Waals surface area contributed by atoms with Crippen LogP contribution in [0.1, 0.15) is 13.8 Å². The summed E-state index contributed by atoms with van der Waals surface area (Å²) in [5, 5.41) is 0.598. The molecule has 19 heavy (non-hydrogen) atoms. The van der Waals surface area contributed by atoms with Crippen molar-refractivity contribution < 1.29 is 0 Å². The number of hydrogen-bond acceptors (Lipinski definition) is 7. The van der Waals surface area contributed by atoms with Crippen LogP contribution in [0.25, 0.3) is 0 Å². The minimum Gasteiger partial charge on any atom is -0.368 e. The number of nitrogens with zero attached hydrogens (tertiary/aromatic N) is 5. The number of aromatic nitrogens is 4. The fourth-order valence-electron chi connectivity index (χ4n) is 1.57. The Morgan fingerprint density at radius 1 is 1.11 bits per heavy atom. The van der Waals surface area contributed by atoms with E-state index in [0.717, 1.165) is 18.0 Å². The Hall–Kier alpha value is -1.89. The Balaban J connectivity index is 2.26. The summed E-state index contributed by atoms with van der Waals surface area (Å²) in [6.45, 7) is 5.77. The highest BCUT2D eigenvalue weighted by atomic mass is 32.2. The minimum atomic E-state index is 0.244. The van der Waals surface area contributed by atoms with E-state index in [2.05, 4.69) is 33.8 Å². The van der Waals surface area contributed by atoms with E-state index in [4.69, 9.17) is 5.73 Å². The molecule has 0 aliphatic rings. The summed E-state index contributed by atoms with van der Waals surface area (Å²) in [7, 11) is 0. The van der Waals surface area contributed by atoms with Gasteiger partial charge in [-0.2, -0.15) is 15.0 Å². The van der Waals surface area contributed by atoms with Crippen molar-refractivity contribution >= 4 is 23.7 Å². The molecular formula is C12H16N6S. The molecule has 0 atom stereocenters. The van der Waals surface area contributed by atoms with Crippen LogP contribution in [0.4, 0.5) is 11.9 Å². The summed E-state index contributed by atoms with van der Waals surface area (Å²) in [5.41, 5.74) is 5.75. The first-order valence-corrected chi connectivity index (χ1v) is 6.89. The molecule has 2 rings (SSSR count). The van der Waals surface area contributed by atoms with Crippen LogP contribution in [0.2, 0.25) is 0 Å². The Morgan fingerprint density at radius 2 is 1.79 bits per heavy atom. The van der Waals surface area contributed by atoms with Gasteiger partial charge in [0.05, 0.1) is 0 Å². The first kappa shape index (κ1) is 13.5. The van der Waals surface area contributed by atoms with Crippen LogP contribution in [0.15, 0.2) is 34.6 Å². The van der Waals surface area contributed by atoms with Crippen LogP contribution >= 0.6 is 11.8 Å². The third-order valence-corrected chi connectivity index (χ3v) is 3.40. The van der Waals surface area contributed by atoms with Gasteiger partial charge in [-0.1, -0.05) is 0 Å². The van der Waals surface area contributed by atoms with Gasteiger partial charge in [0.1, 0.15) is 0 Å². The maximum Gasteiger partial charge on any atom is 0.231 e. The monoisotopic (exact) mass is 276 g/mol. The van der Waals surface area contributed by atoms with Crippen LogP contribution < -0.4 is 10.6 Å². The van der Waals surface area contributed by atoms with Crippen LogP contribution in [0, 0.1) is 0 Å². The third kappa shape index (κ3) is 3.54. The lowest BCUT2D eigenvalue weighted by Gasteiger charge is -2.18. The predicted octanol–water partition coefficient (Wildman–Crippen LogP) is 1.85. The van der Waals surface area contributed by atoms with Crippen molar-refractivity contribution in [2.75, 3.05) is 23.7 Å². The van der Waals surface area contributed by atoms with Gasteiger partial charge in [0, 0.05) is 30.4 Å². The van der Waals surface area contributed by atoms with Gasteiger partial charge in [-0.25, -0.2) is 0 Å². The van der Waals surface area contributed by atoms with Crippen molar-refractivity contribution in [3.8, 4) is 0 Å². The van der Waals surface area contributed by atoms with E-state index < -0.39 is 0 Å². The van der Waals surface area contributed by atoms with E-state index in [9.17, 15) is 0 Å². The zero-order chi connectivity index (χ0) is 13.7. The molecule has 2 heterocycles. The first-order chi connectivity index (χ1) is 9.22. The van der Waals surface area contributed by atoms with Crippen molar-refractivity contribution in [3.05, 3.63) is 24.5 Å². The Bertz CT molecular complexity index is 529. The minimum absolute atomic E-state index is 0.244. The van der Waals surface area contributed by atoms with E-state index in [1.54, 1.807) is 12.4 Å². The van der Waals surface area contributed by atoms with Crippen molar-refractivity contribution in [2.24, 2.45) is 0 Å². The van der Waals surface area contributed by atoms with E-state index >= 15 is 0 Å². The molecule has 0 aliphatic heterocycles. The molecule has 0 fully saturated rings. The van der Waals surface area contributed by atoms with Crippen molar-refractivity contribution in [2.45, 2.75) is 23.9 Å². The Morgan fingerprint density at radius 3 is 2.42 bits per heavy atom. The molecule has 0 spiro atoms. The van der Waals surface area contributed by atoms with Crippen molar-refractivity contribution in [1.82, 2.24) is 19.9 Å². The lowest BCUT2D eigenvalue weighted by molar-refractivity contribution is 0.787. The Labute approximate surface area is 116 Å². The molecule has 2 N–H and O–H groups in total. The van der Waals surface area contributed by atoms with Gasteiger partial charge in [0.2, 0.25) is 11.9 Å². The number of nitrogen functional groups attached to an aromatic ring is 1. The number of hydrogen-bond donors (Lipinski definition) is 1. The lowest BCUT2D eigenvalue weighted by Crippen LogP contribution is -2.25. The fourth-order valence-corrected chi connectivity index (χ4v) is 2.30. The number of nitrogens with two attached hydrogens (primary N) is 1. The second-order valence-electron chi connectivity index (χ2n) is 3.73. The fraction of sp³-hybridized carbons (Fsp3) is 0.333. The quantitative estimate of drug-likeness (QED) is 0.892. The molecule has 0 bridgehead atoms. The average Bonchev–Trinajstić information content (AvgIpc) is 2.40. The van der Waals surface area contributed by atoms with Crippen LogP contribution in [0.3, 0.4) is 0 Å². The smallest absolute Gasteiger partial charge is 0.231 e. The molecule has 2 aromatic rings. The normalized spacial score (nSPS) is 10.4. The molecule has 0 saturated carbocycles. The standard InChI is InChI=1S/C12H16N6S/c1-3-18(4-2)11-15-10(13)16-12(17-11)19-9-5-7-14-8-6-9/h5-8H,3-4H2,1-2H3,(H2,13,15,16,17). The van der Waals surface area contributed by atoms with Gasteiger partial charge in [0.25, 0.3) is 0 Å². The van der Waals surface area contributed by atoms with E-state index in [1.165, 1.54) is 11.8 Å². The van der Waals surface area contributed by atoms with Crippen LogP contribution in [-0.4, -0.2) is 33.0 Å². The molecule has 0 aliphatic carbocycles. The van der Waals surface area contributed by atoms with Crippen molar-refractivity contribution in [3.63, 3.8) is 0 Å². The molecule has 6 nitrogen and oxygen atoms in total. The van der Waals surface area contributed by atoms with Gasteiger partial charge < -0.3 is 10.6 Å². The van der Waals surface area contributed by atoms with Gasteiger partial charge in [-0.15, -0.1) is 0 Å². The van der Waals surface area contributed by atoms with Crippen LogP contribution in [0.5, 0.6) is 0 Å². The second-order valence-corrected chi connectivity index (χ2v) is 4.77. The lowest BCUT2D eigenvalue weighted by atomic mass is 10.5. The molecule has 0 amide bonds. The third-order valence-electron chi connectivity index (χ3n) is 2.53. The largest absolute Gasteiger partial charge is 0.368 e. The Kier molecular flexibility index (Phi) is 4.51. The van der Waals surface area contributed by atoms with E-state index in [1.807, 2.05) is 17.0 Å². The summed E-state index contributed by atoms with van der Waals surface area (Å²) in [4.78, 5) is 19.8. The highest BCUT2D eigenvalue weighted by Crippen LogP contribution is 2.25. The molecule has 7 heteroatoms. The highest BCUT2D eigenvalue weighted by Gasteiger charge is 2.10. The van der Waals surface area contributed by atoms with E-state index in [-0.39, 0.29) is 5.95 Å². The summed E-state index contributed by atoms with van der Waals surface area (Å²) in [5.74, 6) is 0.863. The topological polar surface area (TPSA) is 80.8 Å². The molecule has 2 aromatic heterocycles. The molecule has 0 saturated heterocycles. The zero-order valence-electron chi connectivity index (χ0n) is 10.9. The molecule has 0 radical (unpaired) electrons. The highest BCUT2D eigenvalue weighted by molar-refractivity contribution is 7.99. The van der Waals surface area contributed by atoms with Gasteiger partial charge >= 0.3 is 0 Å². The summed E-state index contributed by atoms with van der Waals surface area (Å²) in [6.07, 6.45) is 3.47. The average molecular weight is 276 g/mol. The van der Waals surface area contributed by atoms with Gasteiger partial charge in [0.15, 0.2) is 5.16 Å². The first-order valence-electron chi connectivity index (χ1n) is 6.07. The summed E-state index contributed by atoms with van der Waals surface area (Å²) >= 11 is 1.45. The molecule has 0 aromatic carbocycles. The maximum absolute atomic E-state index is 5.75. The number of rotatable bonds is 5. The van der Waals surface area contributed by atoms with Gasteiger partial charge in [-0.05, 0) is 37.7 Å². The maximum atomic E-state index is 5.75. The second kappa shape index (κ2) is 6.33. The SMILES string of the molecule is CCN(CC)c1nc(N)nc(Sc2ccncc2)n1. The molecular weight excluding hydrogens is 260 g/mol.